The number of fused-ring (bicyclic) bond motifs is 1. The molecule has 0 radical (unpaired) electrons. The largest absolute Gasteiger partial charge is 0.355 e. The van der Waals surface area contributed by atoms with Gasteiger partial charge in [-0.3, -0.25) is 9.59 Å². The van der Waals surface area contributed by atoms with Crippen molar-refractivity contribution in [2.24, 2.45) is 18.1 Å². The van der Waals surface area contributed by atoms with Crippen molar-refractivity contribution in [1.82, 2.24) is 15.3 Å². The number of rotatable bonds is 4. The Balaban J connectivity index is 1.51. The molecule has 0 spiro atoms. The number of carbonyl (C=O) groups excluding carboxylic acids is 2. The van der Waals surface area contributed by atoms with Gasteiger partial charge >= 0.3 is 0 Å². The molecular weight excluding hydrogens is 340 g/mol. The van der Waals surface area contributed by atoms with Crippen LogP contribution in [0, 0.1) is 5.92 Å². The highest BCUT2D eigenvalue weighted by Crippen LogP contribution is 2.29. The van der Waals surface area contributed by atoms with E-state index in [0.717, 1.165) is 22.0 Å². The summed E-state index contributed by atoms with van der Waals surface area (Å²) in [6, 6.07) is 17.6. The van der Waals surface area contributed by atoms with E-state index in [-0.39, 0.29) is 11.8 Å². The molecule has 1 aliphatic rings. The summed E-state index contributed by atoms with van der Waals surface area (Å²) in [7, 11) is 1.96. The van der Waals surface area contributed by atoms with Gasteiger partial charge in [-0.2, -0.15) is 5.10 Å². The lowest BCUT2D eigenvalue weighted by Gasteiger charge is -2.15. The third-order valence-electron chi connectivity index (χ3n) is 5.00. The molecule has 1 fully saturated rings. The standard InChI is InChI=1S/C21H20N4O2/c1-25-13-15(16-9-5-6-10-18(16)25)11-23-24-21(27)19-17(12-22-20(19)26)14-7-3-2-4-8-14/h2-11,13,17,19H,12H2,1H3,(H,22,26)(H,24,27)/b23-11-. The van der Waals surface area contributed by atoms with E-state index in [1.807, 2.05) is 72.4 Å². The number of benzene rings is 2. The normalized spacial score (nSPS) is 19.5. The monoisotopic (exact) mass is 360 g/mol. The number of carbonyl (C=O) groups is 2. The molecule has 2 amide bonds. The van der Waals surface area contributed by atoms with E-state index in [9.17, 15) is 9.59 Å². The van der Waals surface area contributed by atoms with Crippen LogP contribution in [-0.4, -0.2) is 29.1 Å². The number of aromatic nitrogens is 1. The first-order valence-corrected chi connectivity index (χ1v) is 8.85. The average molecular weight is 360 g/mol. The summed E-state index contributed by atoms with van der Waals surface area (Å²) in [6.45, 7) is 0.452. The lowest BCUT2D eigenvalue weighted by Crippen LogP contribution is -2.34. The van der Waals surface area contributed by atoms with Gasteiger partial charge in [0, 0.05) is 42.2 Å². The number of nitrogens with zero attached hydrogens (tertiary/aromatic N) is 2. The van der Waals surface area contributed by atoms with E-state index in [1.54, 1.807) is 6.21 Å². The summed E-state index contributed by atoms with van der Waals surface area (Å²) < 4.78 is 2.01. The molecular formula is C21H20N4O2. The van der Waals surface area contributed by atoms with Crippen LogP contribution in [0.25, 0.3) is 10.9 Å². The van der Waals surface area contributed by atoms with Crippen molar-refractivity contribution < 1.29 is 9.59 Å². The van der Waals surface area contributed by atoms with Crippen LogP contribution in [0.2, 0.25) is 0 Å². The maximum Gasteiger partial charge on any atom is 0.253 e. The summed E-state index contributed by atoms with van der Waals surface area (Å²) in [5, 5.41) is 7.93. The Kier molecular flexibility index (Phi) is 4.46. The summed E-state index contributed by atoms with van der Waals surface area (Å²) >= 11 is 0. The predicted molar refractivity (Wildman–Crippen MR) is 104 cm³/mol. The molecule has 0 saturated carbocycles. The first kappa shape index (κ1) is 17.0. The van der Waals surface area contributed by atoms with Gasteiger partial charge < -0.3 is 9.88 Å². The summed E-state index contributed by atoms with van der Waals surface area (Å²) in [5.41, 5.74) is 5.50. The number of para-hydroxylation sites is 1. The maximum atomic E-state index is 12.6. The molecule has 2 unspecified atom stereocenters. The minimum atomic E-state index is -0.780. The van der Waals surface area contributed by atoms with Gasteiger partial charge in [0.15, 0.2) is 0 Å². The molecule has 136 valence electrons. The van der Waals surface area contributed by atoms with Crippen LogP contribution < -0.4 is 10.7 Å². The zero-order chi connectivity index (χ0) is 18.8. The molecule has 1 aromatic heterocycles. The zero-order valence-corrected chi connectivity index (χ0v) is 14.9. The molecule has 3 aromatic rings. The predicted octanol–water partition coefficient (Wildman–Crippen LogP) is 2.16. The summed E-state index contributed by atoms with van der Waals surface area (Å²) in [6.07, 6.45) is 3.57. The molecule has 2 heterocycles. The Morgan fingerprint density at radius 3 is 2.74 bits per heavy atom. The van der Waals surface area contributed by atoms with Crippen LogP contribution in [0.15, 0.2) is 65.9 Å². The van der Waals surface area contributed by atoms with Gasteiger partial charge in [0.25, 0.3) is 5.91 Å². The Labute approximate surface area is 156 Å². The first-order valence-electron chi connectivity index (χ1n) is 8.85. The summed E-state index contributed by atoms with van der Waals surface area (Å²) in [4.78, 5) is 24.8. The van der Waals surface area contributed by atoms with Crippen LogP contribution in [0.3, 0.4) is 0 Å². The van der Waals surface area contributed by atoms with Gasteiger partial charge in [0.2, 0.25) is 5.91 Å². The highest BCUT2D eigenvalue weighted by Gasteiger charge is 2.40. The van der Waals surface area contributed by atoms with Crippen LogP contribution in [0.5, 0.6) is 0 Å². The van der Waals surface area contributed by atoms with Crippen molar-refractivity contribution in [2.45, 2.75) is 5.92 Å². The highest BCUT2D eigenvalue weighted by atomic mass is 16.2. The maximum absolute atomic E-state index is 12.6. The lowest BCUT2D eigenvalue weighted by molar-refractivity contribution is -0.133. The number of nitrogens with one attached hydrogen (secondary N) is 2. The average Bonchev–Trinajstić information content (AvgIpc) is 3.23. The van der Waals surface area contributed by atoms with Gasteiger partial charge in [-0.15, -0.1) is 0 Å². The van der Waals surface area contributed by atoms with E-state index < -0.39 is 11.8 Å². The van der Waals surface area contributed by atoms with Crippen molar-refractivity contribution in [2.75, 3.05) is 6.54 Å². The van der Waals surface area contributed by atoms with E-state index >= 15 is 0 Å². The van der Waals surface area contributed by atoms with Crippen LogP contribution >= 0.6 is 0 Å². The van der Waals surface area contributed by atoms with Crippen molar-refractivity contribution >= 4 is 28.9 Å². The lowest BCUT2D eigenvalue weighted by atomic mass is 9.88. The molecule has 2 N–H and O–H groups in total. The highest BCUT2D eigenvalue weighted by molar-refractivity contribution is 6.04. The Morgan fingerprint density at radius 1 is 1.19 bits per heavy atom. The summed E-state index contributed by atoms with van der Waals surface area (Å²) in [5.74, 6) is -1.62. The minimum absolute atomic E-state index is 0.188. The van der Waals surface area contributed by atoms with Crippen LogP contribution in [-0.2, 0) is 16.6 Å². The smallest absolute Gasteiger partial charge is 0.253 e. The fourth-order valence-corrected chi connectivity index (χ4v) is 3.64. The molecule has 27 heavy (non-hydrogen) atoms. The van der Waals surface area contributed by atoms with Crippen molar-refractivity contribution in [1.29, 1.82) is 0 Å². The molecule has 0 aliphatic carbocycles. The fraction of sp³-hybridized carbons (Fsp3) is 0.190. The minimum Gasteiger partial charge on any atom is -0.355 e. The number of hydrogen-bond acceptors (Lipinski definition) is 3. The molecule has 4 rings (SSSR count). The van der Waals surface area contributed by atoms with E-state index in [0.29, 0.717) is 6.54 Å². The van der Waals surface area contributed by atoms with Gasteiger partial charge in [0.1, 0.15) is 5.92 Å². The second-order valence-electron chi connectivity index (χ2n) is 6.69. The van der Waals surface area contributed by atoms with Gasteiger partial charge in [-0.1, -0.05) is 48.5 Å². The second-order valence-corrected chi connectivity index (χ2v) is 6.69. The molecule has 2 aromatic carbocycles. The van der Waals surface area contributed by atoms with E-state index in [2.05, 4.69) is 15.8 Å². The molecule has 6 heteroatoms. The second kappa shape index (κ2) is 7.07. The fourth-order valence-electron chi connectivity index (χ4n) is 3.64. The number of aryl methyl sites for hydroxylation is 1. The SMILES string of the molecule is Cn1cc(/C=N\NC(=O)C2C(=O)NCC2c2ccccc2)c2ccccc21. The Hall–Kier alpha value is -3.41. The van der Waals surface area contributed by atoms with Crippen molar-refractivity contribution in [3.63, 3.8) is 0 Å². The van der Waals surface area contributed by atoms with Gasteiger partial charge in [0.05, 0.1) is 6.21 Å². The first-order chi connectivity index (χ1) is 13.1. The third-order valence-corrected chi connectivity index (χ3v) is 5.00. The quantitative estimate of drug-likeness (QED) is 0.425. The molecule has 1 aliphatic heterocycles. The van der Waals surface area contributed by atoms with Crippen molar-refractivity contribution in [3.8, 4) is 0 Å². The van der Waals surface area contributed by atoms with Crippen molar-refractivity contribution in [3.05, 3.63) is 71.9 Å². The molecule has 6 nitrogen and oxygen atoms in total. The van der Waals surface area contributed by atoms with E-state index in [4.69, 9.17) is 0 Å². The number of amides is 2. The number of hydrogen-bond donors (Lipinski definition) is 2. The van der Waals surface area contributed by atoms with Crippen LogP contribution in [0.4, 0.5) is 0 Å². The Morgan fingerprint density at radius 2 is 1.93 bits per heavy atom. The van der Waals surface area contributed by atoms with Gasteiger partial charge in [-0.25, -0.2) is 5.43 Å². The third kappa shape index (κ3) is 3.21. The Bertz CT molecular complexity index is 1020. The van der Waals surface area contributed by atoms with Crippen LogP contribution in [0.1, 0.15) is 17.0 Å². The van der Waals surface area contributed by atoms with E-state index in [1.165, 1.54) is 0 Å². The molecule has 1 saturated heterocycles. The van der Waals surface area contributed by atoms with Gasteiger partial charge in [-0.05, 0) is 11.6 Å². The molecule has 2 atom stereocenters. The zero-order valence-electron chi connectivity index (χ0n) is 14.9. The molecule has 0 bridgehead atoms. The topological polar surface area (TPSA) is 75.5 Å². The number of hydrazone groups is 1.